The van der Waals surface area contributed by atoms with Crippen molar-refractivity contribution in [2.45, 2.75) is 6.92 Å². The summed E-state index contributed by atoms with van der Waals surface area (Å²) >= 11 is 5.88. The van der Waals surface area contributed by atoms with Gasteiger partial charge in [-0.25, -0.2) is 4.68 Å². The molecule has 7 heteroatoms. The van der Waals surface area contributed by atoms with Gasteiger partial charge in [-0.1, -0.05) is 11.6 Å². The van der Waals surface area contributed by atoms with E-state index >= 15 is 0 Å². The van der Waals surface area contributed by atoms with E-state index in [-0.39, 0.29) is 18.3 Å². The highest BCUT2D eigenvalue weighted by atomic mass is 35.5. The quantitative estimate of drug-likeness (QED) is 0.908. The summed E-state index contributed by atoms with van der Waals surface area (Å²) in [5.41, 5.74) is 2.20. The topological polar surface area (TPSA) is 50.2 Å². The van der Waals surface area contributed by atoms with Crippen LogP contribution in [0.4, 0.5) is 0 Å². The third kappa shape index (κ3) is 4.22. The number of likely N-dealkylation sites (N-methyl/N-ethyl adjacent to an activating group) is 2. The van der Waals surface area contributed by atoms with Crippen LogP contribution in [-0.2, 0) is 0 Å². The van der Waals surface area contributed by atoms with Crippen molar-refractivity contribution in [3.05, 3.63) is 46.7 Å². The lowest BCUT2D eigenvalue weighted by molar-refractivity contribution is 0.0796. The SMILES string of the molecule is CNCCN(C)C(=O)c1cn(-c2ccc(Cl)cc2)nc1C.Cl. The Morgan fingerprint density at radius 2 is 2.00 bits per heavy atom. The van der Waals surface area contributed by atoms with E-state index in [1.54, 1.807) is 35.0 Å². The van der Waals surface area contributed by atoms with Gasteiger partial charge in [0.25, 0.3) is 5.91 Å². The van der Waals surface area contributed by atoms with Gasteiger partial charge in [-0.15, -0.1) is 12.4 Å². The molecule has 1 aromatic carbocycles. The molecule has 5 nitrogen and oxygen atoms in total. The Kier molecular flexibility index (Phi) is 6.87. The largest absolute Gasteiger partial charge is 0.340 e. The van der Waals surface area contributed by atoms with Gasteiger partial charge >= 0.3 is 0 Å². The van der Waals surface area contributed by atoms with Crippen molar-refractivity contribution in [2.75, 3.05) is 27.2 Å². The van der Waals surface area contributed by atoms with E-state index in [1.165, 1.54) is 0 Å². The van der Waals surface area contributed by atoms with Gasteiger partial charge in [0.15, 0.2) is 0 Å². The Morgan fingerprint density at radius 3 is 2.59 bits per heavy atom. The molecule has 0 radical (unpaired) electrons. The van der Waals surface area contributed by atoms with E-state index in [2.05, 4.69) is 10.4 Å². The van der Waals surface area contributed by atoms with Crippen LogP contribution in [0.5, 0.6) is 0 Å². The van der Waals surface area contributed by atoms with E-state index < -0.39 is 0 Å². The smallest absolute Gasteiger partial charge is 0.257 e. The fraction of sp³-hybridized carbons (Fsp3) is 0.333. The van der Waals surface area contributed by atoms with Crippen LogP contribution in [0.3, 0.4) is 0 Å². The molecule has 0 saturated heterocycles. The van der Waals surface area contributed by atoms with Crippen molar-refractivity contribution >= 4 is 29.9 Å². The molecule has 1 amide bonds. The van der Waals surface area contributed by atoms with Crippen LogP contribution in [0.1, 0.15) is 16.1 Å². The molecular weight excluding hydrogens is 323 g/mol. The molecule has 22 heavy (non-hydrogen) atoms. The molecule has 0 aliphatic rings. The van der Waals surface area contributed by atoms with E-state index in [4.69, 9.17) is 11.6 Å². The number of aromatic nitrogens is 2. The molecule has 2 aromatic rings. The number of nitrogens with zero attached hydrogens (tertiary/aromatic N) is 3. The molecule has 0 aliphatic carbocycles. The number of halogens is 2. The van der Waals surface area contributed by atoms with Crippen LogP contribution in [0.15, 0.2) is 30.5 Å². The average Bonchev–Trinajstić information content (AvgIpc) is 2.86. The Hall–Kier alpha value is -1.56. The normalized spacial score (nSPS) is 10.2. The third-order valence-corrected chi connectivity index (χ3v) is 3.52. The highest BCUT2D eigenvalue weighted by molar-refractivity contribution is 6.30. The number of benzene rings is 1. The standard InChI is InChI=1S/C15H19ClN4O.ClH/c1-11-14(15(21)19(3)9-8-17-2)10-20(18-11)13-6-4-12(16)5-7-13;/h4-7,10,17H,8-9H2,1-3H3;1H. The summed E-state index contributed by atoms with van der Waals surface area (Å²) < 4.78 is 1.70. The van der Waals surface area contributed by atoms with Crippen LogP contribution in [0.25, 0.3) is 5.69 Å². The first-order valence-corrected chi connectivity index (χ1v) is 7.13. The van der Waals surface area contributed by atoms with Gasteiger partial charge in [-0.2, -0.15) is 5.10 Å². The van der Waals surface area contributed by atoms with Gasteiger partial charge < -0.3 is 10.2 Å². The highest BCUT2D eigenvalue weighted by Gasteiger charge is 2.17. The van der Waals surface area contributed by atoms with Crippen LogP contribution in [0, 0.1) is 6.92 Å². The predicted molar refractivity (Wildman–Crippen MR) is 91.4 cm³/mol. The van der Waals surface area contributed by atoms with Crippen LogP contribution in [0.2, 0.25) is 5.02 Å². The van der Waals surface area contributed by atoms with Crippen molar-refractivity contribution in [3.63, 3.8) is 0 Å². The lowest BCUT2D eigenvalue weighted by atomic mass is 10.2. The molecule has 1 N–H and O–H groups in total. The molecule has 0 bridgehead atoms. The Balaban J connectivity index is 0.00000242. The van der Waals surface area contributed by atoms with Crippen LogP contribution >= 0.6 is 24.0 Å². The van der Waals surface area contributed by atoms with E-state index in [9.17, 15) is 4.79 Å². The van der Waals surface area contributed by atoms with Crippen LogP contribution < -0.4 is 5.32 Å². The van der Waals surface area contributed by atoms with Crippen molar-refractivity contribution < 1.29 is 4.79 Å². The fourth-order valence-corrected chi connectivity index (χ4v) is 2.11. The first kappa shape index (κ1) is 18.5. The number of hydrogen-bond donors (Lipinski definition) is 1. The maximum Gasteiger partial charge on any atom is 0.257 e. The van der Waals surface area contributed by atoms with Crippen molar-refractivity contribution in [3.8, 4) is 5.69 Å². The summed E-state index contributed by atoms with van der Waals surface area (Å²) in [4.78, 5) is 14.1. The molecule has 120 valence electrons. The average molecular weight is 343 g/mol. The number of carbonyl (C=O) groups excluding carboxylic acids is 1. The zero-order chi connectivity index (χ0) is 15.4. The predicted octanol–water partition coefficient (Wildman–Crippen LogP) is 2.55. The number of hydrogen-bond acceptors (Lipinski definition) is 3. The summed E-state index contributed by atoms with van der Waals surface area (Å²) in [7, 11) is 3.65. The molecule has 1 aromatic heterocycles. The minimum atomic E-state index is -0.0250. The zero-order valence-corrected chi connectivity index (χ0v) is 14.4. The second kappa shape index (κ2) is 8.17. The molecule has 1 heterocycles. The summed E-state index contributed by atoms with van der Waals surface area (Å²) in [5.74, 6) is -0.0250. The van der Waals surface area contributed by atoms with Gasteiger partial charge in [-0.3, -0.25) is 4.79 Å². The van der Waals surface area contributed by atoms with Crippen LogP contribution in [-0.4, -0.2) is 47.8 Å². The second-order valence-electron chi connectivity index (χ2n) is 4.88. The number of nitrogens with one attached hydrogen (secondary N) is 1. The monoisotopic (exact) mass is 342 g/mol. The molecule has 0 atom stereocenters. The fourth-order valence-electron chi connectivity index (χ4n) is 1.98. The van der Waals surface area contributed by atoms with E-state index in [1.807, 2.05) is 26.1 Å². The number of amides is 1. The summed E-state index contributed by atoms with van der Waals surface area (Å²) in [6, 6.07) is 7.34. The molecule has 2 rings (SSSR count). The summed E-state index contributed by atoms with van der Waals surface area (Å²) in [6.07, 6.45) is 1.76. The first-order chi connectivity index (χ1) is 10.0. The molecule has 0 fully saturated rings. The number of aryl methyl sites for hydroxylation is 1. The number of rotatable bonds is 5. The highest BCUT2D eigenvalue weighted by Crippen LogP contribution is 2.16. The molecule has 0 saturated carbocycles. The maximum absolute atomic E-state index is 12.4. The minimum absolute atomic E-state index is 0. The summed E-state index contributed by atoms with van der Waals surface area (Å²) in [5, 5.41) is 8.11. The second-order valence-corrected chi connectivity index (χ2v) is 5.32. The van der Waals surface area contributed by atoms with Gasteiger partial charge in [0, 0.05) is 31.4 Å². The Labute approximate surface area is 141 Å². The lowest BCUT2D eigenvalue weighted by Crippen LogP contribution is -2.32. The van der Waals surface area contributed by atoms with E-state index in [0.717, 1.165) is 12.2 Å². The molecular formula is C15H20Cl2N4O. The number of carbonyl (C=O) groups is 1. The summed E-state index contributed by atoms with van der Waals surface area (Å²) in [6.45, 7) is 3.25. The first-order valence-electron chi connectivity index (χ1n) is 6.75. The van der Waals surface area contributed by atoms with Gasteiger partial charge in [0.05, 0.1) is 16.9 Å². The molecule has 0 spiro atoms. The zero-order valence-electron chi connectivity index (χ0n) is 12.8. The van der Waals surface area contributed by atoms with Crippen molar-refractivity contribution in [1.82, 2.24) is 20.0 Å². The van der Waals surface area contributed by atoms with E-state index in [0.29, 0.717) is 22.8 Å². The van der Waals surface area contributed by atoms with Gasteiger partial charge in [0.2, 0.25) is 0 Å². The van der Waals surface area contributed by atoms with Crippen molar-refractivity contribution in [2.24, 2.45) is 0 Å². The van der Waals surface area contributed by atoms with Gasteiger partial charge in [-0.05, 0) is 38.2 Å². The minimum Gasteiger partial charge on any atom is -0.340 e. The van der Waals surface area contributed by atoms with Crippen molar-refractivity contribution in [1.29, 1.82) is 0 Å². The maximum atomic E-state index is 12.4. The lowest BCUT2D eigenvalue weighted by Gasteiger charge is -2.16. The Bertz CT molecular complexity index is 625. The van der Waals surface area contributed by atoms with Gasteiger partial charge in [0.1, 0.15) is 0 Å². The third-order valence-electron chi connectivity index (χ3n) is 3.26. The molecule has 0 unspecified atom stereocenters. The molecule has 0 aliphatic heterocycles. The Morgan fingerprint density at radius 1 is 1.36 bits per heavy atom.